The minimum absolute atomic E-state index is 0.0654. The average molecular weight is 372 g/mol. The third kappa shape index (κ3) is 3.77. The van der Waals surface area contributed by atoms with E-state index in [-0.39, 0.29) is 4.90 Å². The Hall–Kier alpha value is -1.90. The predicted molar refractivity (Wildman–Crippen MR) is 89.9 cm³/mol. The van der Waals surface area contributed by atoms with Gasteiger partial charge in [-0.2, -0.15) is 9.82 Å². The van der Waals surface area contributed by atoms with Gasteiger partial charge in [0.25, 0.3) is 0 Å². The highest BCUT2D eigenvalue weighted by Crippen LogP contribution is 2.20. The highest BCUT2D eigenvalue weighted by atomic mass is 35.5. The van der Waals surface area contributed by atoms with Crippen LogP contribution in [0.25, 0.3) is 5.69 Å². The lowest BCUT2D eigenvalue weighted by Crippen LogP contribution is -2.44. The Bertz CT molecular complexity index is 844. The molecule has 7 nitrogen and oxygen atoms in total. The van der Waals surface area contributed by atoms with Crippen LogP contribution in [0, 0.1) is 12.8 Å². The molecule has 1 aromatic heterocycles. The van der Waals surface area contributed by atoms with E-state index >= 15 is 0 Å². The zero-order valence-electron chi connectivity index (χ0n) is 13.4. The van der Waals surface area contributed by atoms with Crippen LogP contribution in [0.5, 0.6) is 0 Å². The lowest BCUT2D eigenvalue weighted by atomic mass is 10.1. The molecule has 0 spiro atoms. The van der Waals surface area contributed by atoms with E-state index in [9.17, 15) is 18.3 Å². The van der Waals surface area contributed by atoms with Crippen LogP contribution in [-0.2, 0) is 14.8 Å². The second-order valence-electron chi connectivity index (χ2n) is 5.66. The van der Waals surface area contributed by atoms with Crippen molar-refractivity contribution in [3.8, 4) is 5.69 Å². The summed E-state index contributed by atoms with van der Waals surface area (Å²) in [6, 6.07) is 5.54. The summed E-state index contributed by atoms with van der Waals surface area (Å²) in [4.78, 5) is 11.2. The van der Waals surface area contributed by atoms with Gasteiger partial charge in [0.05, 0.1) is 17.6 Å². The molecular formula is C15H18ClN3O4S. The number of carboxylic acids is 1. The van der Waals surface area contributed by atoms with E-state index in [4.69, 9.17) is 11.6 Å². The average Bonchev–Trinajstić information content (AvgIpc) is 2.88. The fraction of sp³-hybridized carbons (Fsp3) is 0.333. The third-order valence-corrected chi connectivity index (χ3v) is 5.34. The second-order valence-corrected chi connectivity index (χ2v) is 7.78. The molecule has 130 valence electrons. The summed E-state index contributed by atoms with van der Waals surface area (Å²) in [6.07, 6.45) is 1.20. The van der Waals surface area contributed by atoms with Crippen molar-refractivity contribution in [1.29, 1.82) is 0 Å². The van der Waals surface area contributed by atoms with Crippen molar-refractivity contribution >= 4 is 27.6 Å². The molecule has 0 radical (unpaired) electrons. The molecule has 0 amide bonds. The first-order valence-electron chi connectivity index (χ1n) is 7.19. The molecule has 0 aliphatic carbocycles. The minimum atomic E-state index is -4.02. The summed E-state index contributed by atoms with van der Waals surface area (Å²) in [5.41, 5.74) is 1.02. The lowest BCUT2D eigenvalue weighted by Gasteiger charge is -2.17. The fourth-order valence-corrected chi connectivity index (χ4v) is 3.82. The standard InChI is InChI=1S/C15H18ClN3O4S/c1-9(2)14(15(20)21)18-24(22,23)13-8-17-19(10(13)3)12-6-4-11(16)5-7-12/h4-9,14,18H,1-3H3,(H,20,21)/t14-/m0/s1. The maximum Gasteiger partial charge on any atom is 0.322 e. The summed E-state index contributed by atoms with van der Waals surface area (Å²) >= 11 is 5.84. The van der Waals surface area contributed by atoms with Gasteiger partial charge in [0, 0.05) is 5.02 Å². The number of aromatic nitrogens is 2. The first kappa shape index (κ1) is 18.4. The monoisotopic (exact) mass is 371 g/mol. The number of carboxylic acid groups (broad SMARTS) is 1. The summed E-state index contributed by atoms with van der Waals surface area (Å²) in [6.45, 7) is 4.86. The third-order valence-electron chi connectivity index (χ3n) is 3.54. The van der Waals surface area contributed by atoms with Crippen LogP contribution < -0.4 is 4.72 Å². The zero-order valence-corrected chi connectivity index (χ0v) is 15.0. The maximum atomic E-state index is 12.5. The molecule has 0 aliphatic heterocycles. The van der Waals surface area contributed by atoms with Gasteiger partial charge in [-0.3, -0.25) is 4.79 Å². The van der Waals surface area contributed by atoms with Gasteiger partial charge in [0.2, 0.25) is 10.0 Å². The smallest absolute Gasteiger partial charge is 0.322 e. The van der Waals surface area contributed by atoms with Gasteiger partial charge in [-0.25, -0.2) is 13.1 Å². The van der Waals surface area contributed by atoms with Gasteiger partial charge in [-0.05, 0) is 37.1 Å². The SMILES string of the molecule is Cc1c(S(=O)(=O)N[C@H](C(=O)O)C(C)C)cnn1-c1ccc(Cl)cc1. The van der Waals surface area contributed by atoms with Gasteiger partial charge in [0.15, 0.2) is 0 Å². The van der Waals surface area contributed by atoms with E-state index in [1.165, 1.54) is 10.9 Å². The van der Waals surface area contributed by atoms with Gasteiger partial charge >= 0.3 is 5.97 Å². The number of rotatable bonds is 6. The summed E-state index contributed by atoms with van der Waals surface area (Å²) < 4.78 is 28.7. The number of carbonyl (C=O) groups is 1. The number of benzene rings is 1. The van der Waals surface area contributed by atoms with Crippen molar-refractivity contribution in [2.45, 2.75) is 31.7 Å². The van der Waals surface area contributed by atoms with Gasteiger partial charge in [-0.15, -0.1) is 0 Å². The summed E-state index contributed by atoms with van der Waals surface area (Å²) in [5.74, 6) is -1.62. The quantitative estimate of drug-likeness (QED) is 0.810. The molecule has 1 aromatic carbocycles. The van der Waals surface area contributed by atoms with E-state index in [2.05, 4.69) is 9.82 Å². The molecule has 2 rings (SSSR count). The fourth-order valence-electron chi connectivity index (χ4n) is 2.20. The number of nitrogens with one attached hydrogen (secondary N) is 1. The topological polar surface area (TPSA) is 101 Å². The van der Waals surface area contributed by atoms with Crippen LogP contribution in [0.3, 0.4) is 0 Å². The van der Waals surface area contributed by atoms with Crippen LogP contribution in [0.1, 0.15) is 19.5 Å². The zero-order chi connectivity index (χ0) is 18.1. The Morgan fingerprint density at radius 2 is 1.88 bits per heavy atom. The number of aliphatic carboxylic acids is 1. The molecule has 0 saturated carbocycles. The normalized spacial score (nSPS) is 13.2. The Balaban J connectivity index is 2.39. The van der Waals surface area contributed by atoms with Crippen molar-refractivity contribution in [2.75, 3.05) is 0 Å². The second kappa shape index (κ2) is 6.92. The van der Waals surface area contributed by atoms with Crippen LogP contribution >= 0.6 is 11.6 Å². The summed E-state index contributed by atoms with van der Waals surface area (Å²) in [7, 11) is -4.02. The van der Waals surface area contributed by atoms with Crippen molar-refractivity contribution in [3.63, 3.8) is 0 Å². The van der Waals surface area contributed by atoms with E-state index in [0.717, 1.165) is 0 Å². The highest BCUT2D eigenvalue weighted by molar-refractivity contribution is 7.89. The molecule has 0 bridgehead atoms. The molecule has 0 saturated heterocycles. The van der Waals surface area contributed by atoms with Crippen LogP contribution in [0.15, 0.2) is 35.4 Å². The Labute approximate surface area is 145 Å². The first-order valence-corrected chi connectivity index (χ1v) is 9.05. The van der Waals surface area contributed by atoms with E-state index in [0.29, 0.717) is 16.4 Å². The number of hydrogen-bond donors (Lipinski definition) is 2. The van der Waals surface area contributed by atoms with E-state index in [1.807, 2.05) is 0 Å². The van der Waals surface area contributed by atoms with Crippen molar-refractivity contribution in [2.24, 2.45) is 5.92 Å². The molecular weight excluding hydrogens is 354 g/mol. The lowest BCUT2D eigenvalue weighted by molar-refractivity contribution is -0.140. The molecule has 2 N–H and O–H groups in total. The largest absolute Gasteiger partial charge is 0.480 e. The molecule has 0 unspecified atom stereocenters. The molecule has 1 atom stereocenters. The number of sulfonamides is 1. The molecule has 24 heavy (non-hydrogen) atoms. The molecule has 2 aromatic rings. The van der Waals surface area contributed by atoms with Gasteiger partial charge < -0.3 is 5.11 Å². The minimum Gasteiger partial charge on any atom is -0.480 e. The van der Waals surface area contributed by atoms with Gasteiger partial charge in [0.1, 0.15) is 10.9 Å². The number of halogens is 1. The maximum absolute atomic E-state index is 12.5. The molecule has 0 fully saturated rings. The van der Waals surface area contributed by atoms with Gasteiger partial charge in [-0.1, -0.05) is 25.4 Å². The van der Waals surface area contributed by atoms with Crippen molar-refractivity contribution in [1.82, 2.24) is 14.5 Å². The molecule has 1 heterocycles. The Morgan fingerprint density at radius 3 is 2.38 bits per heavy atom. The summed E-state index contributed by atoms with van der Waals surface area (Å²) in [5, 5.41) is 13.8. The Morgan fingerprint density at radius 1 is 1.29 bits per heavy atom. The first-order chi connectivity index (χ1) is 11.1. The van der Waals surface area contributed by atoms with Crippen LogP contribution in [0.2, 0.25) is 5.02 Å². The number of hydrogen-bond acceptors (Lipinski definition) is 4. The van der Waals surface area contributed by atoms with Crippen LogP contribution in [0.4, 0.5) is 0 Å². The molecule has 9 heteroatoms. The van der Waals surface area contributed by atoms with Crippen molar-refractivity contribution in [3.05, 3.63) is 41.2 Å². The predicted octanol–water partition coefficient (Wildman–Crippen LogP) is 2.22. The Kier molecular flexibility index (Phi) is 5.32. The number of nitrogens with zero attached hydrogens (tertiary/aromatic N) is 2. The molecule has 0 aliphatic rings. The van der Waals surface area contributed by atoms with E-state index in [1.54, 1.807) is 45.0 Å². The van der Waals surface area contributed by atoms with Crippen molar-refractivity contribution < 1.29 is 18.3 Å². The highest BCUT2D eigenvalue weighted by Gasteiger charge is 2.30. The van der Waals surface area contributed by atoms with E-state index < -0.39 is 28.0 Å². The van der Waals surface area contributed by atoms with Crippen LogP contribution in [-0.4, -0.2) is 35.3 Å².